The van der Waals surface area contributed by atoms with Gasteiger partial charge in [0, 0.05) is 25.1 Å². The van der Waals surface area contributed by atoms with Crippen LogP contribution in [0.15, 0.2) is 23.1 Å². The SMILES string of the molecule is CCNS(=O)(=O)c1ccc(N)c(NC2CCCC2CO)c1. The highest BCUT2D eigenvalue weighted by Crippen LogP contribution is 2.31. The van der Waals surface area contributed by atoms with Crippen molar-refractivity contribution in [2.24, 2.45) is 5.92 Å². The molecule has 0 spiro atoms. The monoisotopic (exact) mass is 313 g/mol. The van der Waals surface area contributed by atoms with Gasteiger partial charge < -0.3 is 16.2 Å². The van der Waals surface area contributed by atoms with Crippen LogP contribution in [0.2, 0.25) is 0 Å². The van der Waals surface area contributed by atoms with Crippen LogP contribution < -0.4 is 15.8 Å². The molecular formula is C14H23N3O3S. The molecule has 7 heteroatoms. The lowest BCUT2D eigenvalue weighted by Crippen LogP contribution is -2.27. The minimum absolute atomic E-state index is 0.132. The predicted molar refractivity (Wildman–Crippen MR) is 83.6 cm³/mol. The van der Waals surface area contributed by atoms with Gasteiger partial charge >= 0.3 is 0 Å². The van der Waals surface area contributed by atoms with Crippen LogP contribution in [0.4, 0.5) is 11.4 Å². The Kier molecular flexibility index (Phi) is 5.08. The number of nitrogens with one attached hydrogen (secondary N) is 2. The highest BCUT2D eigenvalue weighted by molar-refractivity contribution is 7.89. The summed E-state index contributed by atoms with van der Waals surface area (Å²) in [6.07, 6.45) is 2.98. The maximum absolute atomic E-state index is 12.0. The molecule has 0 aliphatic heterocycles. The zero-order valence-corrected chi connectivity index (χ0v) is 13.0. The highest BCUT2D eigenvalue weighted by Gasteiger charge is 2.27. The molecule has 2 atom stereocenters. The first kappa shape index (κ1) is 16.1. The Morgan fingerprint density at radius 2 is 2.14 bits per heavy atom. The molecule has 0 saturated heterocycles. The molecule has 1 aliphatic carbocycles. The van der Waals surface area contributed by atoms with Crippen LogP contribution in [-0.2, 0) is 10.0 Å². The molecular weight excluding hydrogens is 290 g/mol. The second-order valence-corrected chi connectivity index (χ2v) is 7.14. The second-order valence-electron chi connectivity index (χ2n) is 5.37. The standard InChI is InChI=1S/C14H23N3O3S/c1-2-16-21(19,20)11-6-7-12(15)14(8-11)17-13-5-3-4-10(13)9-18/h6-8,10,13,16-18H,2-5,9,15H2,1H3. The Labute approximate surface area is 125 Å². The zero-order chi connectivity index (χ0) is 15.5. The quantitative estimate of drug-likeness (QED) is 0.590. The van der Waals surface area contributed by atoms with Crippen molar-refractivity contribution in [3.63, 3.8) is 0 Å². The molecule has 5 N–H and O–H groups in total. The van der Waals surface area contributed by atoms with E-state index in [1.54, 1.807) is 19.1 Å². The van der Waals surface area contributed by atoms with Gasteiger partial charge in [0.1, 0.15) is 0 Å². The number of nitrogen functional groups attached to an aromatic ring is 1. The fourth-order valence-corrected chi connectivity index (χ4v) is 3.81. The number of anilines is 2. The minimum Gasteiger partial charge on any atom is -0.397 e. The molecule has 0 bridgehead atoms. The lowest BCUT2D eigenvalue weighted by atomic mass is 10.0. The van der Waals surface area contributed by atoms with Crippen molar-refractivity contribution in [3.8, 4) is 0 Å². The number of benzene rings is 1. The molecule has 2 rings (SSSR count). The van der Waals surface area contributed by atoms with Gasteiger partial charge in [-0.2, -0.15) is 0 Å². The Bertz CT molecular complexity index is 589. The summed E-state index contributed by atoms with van der Waals surface area (Å²) >= 11 is 0. The van der Waals surface area contributed by atoms with Crippen molar-refractivity contribution in [3.05, 3.63) is 18.2 Å². The molecule has 0 radical (unpaired) electrons. The van der Waals surface area contributed by atoms with Gasteiger partial charge in [0.15, 0.2) is 0 Å². The van der Waals surface area contributed by atoms with Crippen LogP contribution in [0.25, 0.3) is 0 Å². The number of aliphatic hydroxyl groups is 1. The van der Waals surface area contributed by atoms with Crippen LogP contribution in [0, 0.1) is 5.92 Å². The van der Waals surface area contributed by atoms with E-state index in [9.17, 15) is 13.5 Å². The molecule has 0 amide bonds. The molecule has 1 fully saturated rings. The Morgan fingerprint density at radius 1 is 1.38 bits per heavy atom. The summed E-state index contributed by atoms with van der Waals surface area (Å²) < 4.78 is 26.5. The van der Waals surface area contributed by atoms with Crippen LogP contribution in [0.1, 0.15) is 26.2 Å². The first-order chi connectivity index (χ1) is 9.97. The zero-order valence-electron chi connectivity index (χ0n) is 12.2. The average molecular weight is 313 g/mol. The Balaban J connectivity index is 2.23. The molecule has 2 unspecified atom stereocenters. The van der Waals surface area contributed by atoms with Crippen LogP contribution >= 0.6 is 0 Å². The maximum Gasteiger partial charge on any atom is 0.240 e. The maximum atomic E-state index is 12.0. The van der Waals surface area contributed by atoms with Crippen molar-refractivity contribution < 1.29 is 13.5 Å². The van der Waals surface area contributed by atoms with E-state index >= 15 is 0 Å². The Morgan fingerprint density at radius 3 is 2.81 bits per heavy atom. The lowest BCUT2D eigenvalue weighted by molar-refractivity contribution is 0.222. The molecule has 1 aliphatic rings. The normalized spacial score (nSPS) is 22.4. The number of hydrogen-bond acceptors (Lipinski definition) is 5. The van der Waals surface area contributed by atoms with E-state index in [-0.39, 0.29) is 23.5 Å². The molecule has 0 heterocycles. The van der Waals surface area contributed by atoms with Crippen molar-refractivity contribution >= 4 is 21.4 Å². The largest absolute Gasteiger partial charge is 0.397 e. The predicted octanol–water partition coefficient (Wildman–Crippen LogP) is 1.14. The summed E-state index contributed by atoms with van der Waals surface area (Å²) in [6.45, 7) is 2.20. The third-order valence-corrected chi connectivity index (χ3v) is 5.45. The third kappa shape index (κ3) is 3.66. The summed E-state index contributed by atoms with van der Waals surface area (Å²) in [5.41, 5.74) is 7.05. The van der Waals surface area contributed by atoms with Gasteiger partial charge in [0.2, 0.25) is 10.0 Å². The van der Waals surface area contributed by atoms with Gasteiger partial charge in [-0.1, -0.05) is 13.3 Å². The number of hydrogen-bond donors (Lipinski definition) is 4. The summed E-state index contributed by atoms with van der Waals surface area (Å²) in [6, 6.07) is 4.78. The van der Waals surface area contributed by atoms with E-state index in [1.165, 1.54) is 6.07 Å². The van der Waals surface area contributed by atoms with E-state index in [2.05, 4.69) is 10.0 Å². The van der Waals surface area contributed by atoms with Gasteiger partial charge in [-0.25, -0.2) is 13.1 Å². The van der Waals surface area contributed by atoms with Gasteiger partial charge in [0.25, 0.3) is 0 Å². The molecule has 1 saturated carbocycles. The van der Waals surface area contributed by atoms with Gasteiger partial charge in [-0.15, -0.1) is 0 Å². The molecule has 6 nitrogen and oxygen atoms in total. The third-order valence-electron chi connectivity index (χ3n) is 3.90. The first-order valence-electron chi connectivity index (χ1n) is 7.24. The lowest BCUT2D eigenvalue weighted by Gasteiger charge is -2.21. The Hall–Kier alpha value is -1.31. The smallest absolute Gasteiger partial charge is 0.240 e. The minimum atomic E-state index is -3.50. The fraction of sp³-hybridized carbons (Fsp3) is 0.571. The topological polar surface area (TPSA) is 104 Å². The summed E-state index contributed by atoms with van der Waals surface area (Å²) in [7, 11) is -3.50. The number of rotatable bonds is 6. The summed E-state index contributed by atoms with van der Waals surface area (Å²) in [4.78, 5) is 0.194. The molecule has 0 aromatic heterocycles. The van der Waals surface area contributed by atoms with Crippen LogP contribution in [0.5, 0.6) is 0 Å². The average Bonchev–Trinajstić information content (AvgIpc) is 2.88. The first-order valence-corrected chi connectivity index (χ1v) is 8.73. The van der Waals surface area contributed by atoms with Crippen molar-refractivity contribution in [1.29, 1.82) is 0 Å². The molecule has 1 aromatic carbocycles. The van der Waals surface area contributed by atoms with Gasteiger partial charge in [-0.3, -0.25) is 0 Å². The second kappa shape index (κ2) is 6.64. The molecule has 1 aromatic rings. The summed E-state index contributed by atoms with van der Waals surface area (Å²) in [5, 5.41) is 12.6. The van der Waals surface area contributed by atoms with Crippen molar-refractivity contribution in [2.45, 2.75) is 37.1 Å². The van der Waals surface area contributed by atoms with E-state index < -0.39 is 10.0 Å². The van der Waals surface area contributed by atoms with E-state index in [4.69, 9.17) is 5.73 Å². The van der Waals surface area contributed by atoms with Crippen LogP contribution in [0.3, 0.4) is 0 Å². The van der Waals surface area contributed by atoms with Crippen molar-refractivity contribution in [1.82, 2.24) is 4.72 Å². The fourth-order valence-electron chi connectivity index (χ4n) is 2.75. The van der Waals surface area contributed by atoms with Crippen LogP contribution in [-0.4, -0.2) is 32.7 Å². The highest BCUT2D eigenvalue weighted by atomic mass is 32.2. The van der Waals surface area contributed by atoms with Gasteiger partial charge in [-0.05, 0) is 31.0 Å². The summed E-state index contributed by atoms with van der Waals surface area (Å²) in [5.74, 6) is 0.193. The van der Waals surface area contributed by atoms with E-state index in [1.807, 2.05) is 0 Å². The van der Waals surface area contributed by atoms with E-state index in [0.29, 0.717) is 17.9 Å². The number of sulfonamides is 1. The molecule has 118 valence electrons. The number of aliphatic hydroxyl groups excluding tert-OH is 1. The number of nitrogens with two attached hydrogens (primary N) is 1. The van der Waals surface area contributed by atoms with E-state index in [0.717, 1.165) is 19.3 Å². The van der Waals surface area contributed by atoms with Crippen molar-refractivity contribution in [2.75, 3.05) is 24.2 Å². The van der Waals surface area contributed by atoms with Gasteiger partial charge in [0.05, 0.1) is 16.3 Å². The molecule has 21 heavy (non-hydrogen) atoms.